The number of fused-ring (bicyclic) bond motifs is 3. The number of furan rings is 1. The van der Waals surface area contributed by atoms with Gasteiger partial charge in [0.25, 0.3) is 5.91 Å². The summed E-state index contributed by atoms with van der Waals surface area (Å²) in [5.41, 5.74) is 7.39. The lowest BCUT2D eigenvalue weighted by Gasteiger charge is -2.20. The first-order chi connectivity index (χ1) is 16.5. The van der Waals surface area contributed by atoms with Gasteiger partial charge in [-0.1, -0.05) is 48.8 Å². The van der Waals surface area contributed by atoms with E-state index < -0.39 is 5.91 Å². The molecule has 4 rings (SSSR count). The third-order valence-corrected chi connectivity index (χ3v) is 6.10. The van der Waals surface area contributed by atoms with Gasteiger partial charge in [-0.05, 0) is 36.8 Å². The van der Waals surface area contributed by atoms with E-state index in [0.29, 0.717) is 27.9 Å². The summed E-state index contributed by atoms with van der Waals surface area (Å²) < 4.78 is 11.6. The number of pyridine rings is 1. The van der Waals surface area contributed by atoms with E-state index in [-0.39, 0.29) is 15.7 Å². The summed E-state index contributed by atoms with van der Waals surface area (Å²) in [4.78, 5) is 17.3. The molecule has 7 nitrogen and oxygen atoms in total. The third kappa shape index (κ3) is 4.67. The highest BCUT2D eigenvalue weighted by Crippen LogP contribution is 2.39. The first-order valence-corrected chi connectivity index (χ1v) is 11.8. The van der Waals surface area contributed by atoms with E-state index in [0.717, 1.165) is 30.5 Å². The zero-order chi connectivity index (χ0) is 24.2. The van der Waals surface area contributed by atoms with Crippen molar-refractivity contribution >= 4 is 80.1 Å². The number of amides is 1. The van der Waals surface area contributed by atoms with Crippen LogP contribution in [0.2, 0.25) is 10.0 Å². The molecule has 0 aliphatic heterocycles. The number of aromatic nitrogens is 1. The van der Waals surface area contributed by atoms with Crippen LogP contribution in [-0.2, 0) is 0 Å². The zero-order valence-electron chi connectivity index (χ0n) is 18.5. The van der Waals surface area contributed by atoms with Crippen molar-refractivity contribution < 1.29 is 13.9 Å². The molecular formula is C24H22Cl2N4O3S. The fourth-order valence-corrected chi connectivity index (χ4v) is 4.28. The number of benzene rings is 2. The molecule has 176 valence electrons. The molecule has 34 heavy (non-hydrogen) atoms. The molecule has 4 aromatic rings. The van der Waals surface area contributed by atoms with Crippen LogP contribution in [0.3, 0.4) is 0 Å². The van der Waals surface area contributed by atoms with Gasteiger partial charge in [-0.3, -0.25) is 14.8 Å². The summed E-state index contributed by atoms with van der Waals surface area (Å²) in [6.07, 6.45) is 4.90. The van der Waals surface area contributed by atoms with E-state index >= 15 is 0 Å². The first-order valence-electron chi connectivity index (χ1n) is 10.6. The number of rotatable bonds is 9. The average Bonchev–Trinajstić information content (AvgIpc) is 3.22. The number of hydrogen-bond donors (Lipinski definition) is 2. The van der Waals surface area contributed by atoms with Crippen molar-refractivity contribution in [2.75, 3.05) is 24.0 Å². The maximum Gasteiger partial charge on any atom is 0.256 e. The van der Waals surface area contributed by atoms with Gasteiger partial charge < -0.3 is 14.5 Å². The second-order valence-electron chi connectivity index (χ2n) is 7.47. The van der Waals surface area contributed by atoms with Gasteiger partial charge in [0.05, 0.1) is 39.6 Å². The number of carbonyl (C=O) groups is 1. The topological polar surface area (TPSA) is 79.6 Å². The van der Waals surface area contributed by atoms with Crippen LogP contribution in [0, 0.1) is 0 Å². The average molecular weight is 517 g/mol. The molecule has 0 aliphatic rings. The molecule has 0 aliphatic carbocycles. The molecule has 0 bridgehead atoms. The third-order valence-electron chi connectivity index (χ3n) is 5.32. The minimum absolute atomic E-state index is 0.236. The summed E-state index contributed by atoms with van der Waals surface area (Å²) in [5.74, 6) is 0.112. The largest absolute Gasteiger partial charge is 0.493 e. The predicted octanol–water partition coefficient (Wildman–Crippen LogP) is 6.62. The van der Waals surface area contributed by atoms with Gasteiger partial charge in [-0.2, -0.15) is 0 Å². The number of hydrogen-bond acceptors (Lipinski definition) is 6. The van der Waals surface area contributed by atoms with Gasteiger partial charge in [0, 0.05) is 29.7 Å². The highest BCUT2D eigenvalue weighted by atomic mass is 35.5. The second kappa shape index (κ2) is 10.6. The van der Waals surface area contributed by atoms with Crippen LogP contribution in [0.15, 0.2) is 47.1 Å². The summed E-state index contributed by atoms with van der Waals surface area (Å²) >= 11 is 17.6. The summed E-state index contributed by atoms with van der Waals surface area (Å²) in [6.45, 7) is 2.90. The fourth-order valence-electron chi connectivity index (χ4n) is 3.62. The van der Waals surface area contributed by atoms with Crippen molar-refractivity contribution in [2.24, 2.45) is 0 Å². The summed E-state index contributed by atoms with van der Waals surface area (Å²) in [5, 5.41) is 6.38. The van der Waals surface area contributed by atoms with E-state index in [1.54, 1.807) is 29.7 Å². The van der Waals surface area contributed by atoms with Gasteiger partial charge in [0.2, 0.25) is 0 Å². The Morgan fingerprint density at radius 1 is 1.24 bits per heavy atom. The number of methoxy groups -OCH3 is 1. The minimum Gasteiger partial charge on any atom is -0.493 e. The number of unbranched alkanes of at least 4 members (excludes halogenated alkanes) is 1. The maximum atomic E-state index is 13.3. The minimum atomic E-state index is -0.400. The van der Waals surface area contributed by atoms with Crippen LogP contribution < -0.4 is 20.5 Å². The molecule has 0 saturated heterocycles. The highest BCUT2D eigenvalue weighted by molar-refractivity contribution is 7.79. The Kier molecular flexibility index (Phi) is 7.53. The van der Waals surface area contributed by atoms with Crippen molar-refractivity contribution in [3.05, 3.63) is 58.3 Å². The van der Waals surface area contributed by atoms with Gasteiger partial charge in [0.1, 0.15) is 5.58 Å². The molecule has 2 N–H and O–H groups in total. The molecule has 0 saturated carbocycles. The van der Waals surface area contributed by atoms with Gasteiger partial charge in [0.15, 0.2) is 11.3 Å². The maximum absolute atomic E-state index is 13.3. The van der Waals surface area contributed by atoms with Crippen molar-refractivity contribution in [3.63, 3.8) is 0 Å². The Hall–Kier alpha value is -2.91. The SMILES string of the molecule is CCCCNN(C=S)c1ccc2oc3c(OC)ccc(C(=O)Nc4c(Cl)cncc4Cl)c3c2c1. The van der Waals surface area contributed by atoms with Crippen LogP contribution >= 0.6 is 35.4 Å². The number of carbonyl (C=O) groups excluding carboxylic acids is 1. The standard InChI is InChI=1S/C24H22Cl2N4O3S/c1-3-4-9-28-30(13-34)14-5-7-19-16(10-14)21-15(6-8-20(32-2)23(21)33-19)24(31)29-22-17(25)11-27-12-18(22)26/h5-8,10-13,28H,3-4,9H2,1-2H3,(H,27,29,31). The quantitative estimate of drug-likeness (QED) is 0.147. The number of hydrazine groups is 1. The normalized spacial score (nSPS) is 11.1. The van der Waals surface area contributed by atoms with Crippen molar-refractivity contribution in [1.29, 1.82) is 0 Å². The molecular weight excluding hydrogens is 495 g/mol. The molecule has 0 radical (unpaired) electrons. The van der Waals surface area contributed by atoms with Crippen LogP contribution in [0.25, 0.3) is 21.9 Å². The predicted molar refractivity (Wildman–Crippen MR) is 142 cm³/mol. The van der Waals surface area contributed by atoms with Crippen LogP contribution in [-0.4, -0.2) is 30.0 Å². The summed E-state index contributed by atoms with van der Waals surface area (Å²) in [7, 11) is 1.55. The number of thiocarbonyl (C=S) groups is 1. The van der Waals surface area contributed by atoms with Crippen molar-refractivity contribution in [1.82, 2.24) is 10.4 Å². The Labute approximate surface area is 211 Å². The molecule has 1 amide bonds. The van der Waals surface area contributed by atoms with Crippen molar-refractivity contribution in [3.8, 4) is 5.75 Å². The Bertz CT molecular complexity index is 1360. The van der Waals surface area contributed by atoms with E-state index in [1.165, 1.54) is 12.4 Å². The second-order valence-corrected chi connectivity index (χ2v) is 8.50. The molecule has 0 atom stereocenters. The molecule has 10 heteroatoms. The lowest BCUT2D eigenvalue weighted by Crippen LogP contribution is -2.36. The number of nitrogens with zero attached hydrogens (tertiary/aromatic N) is 2. The number of nitrogens with one attached hydrogen (secondary N) is 2. The summed E-state index contributed by atoms with van der Waals surface area (Å²) in [6, 6.07) is 9.03. The lowest BCUT2D eigenvalue weighted by molar-refractivity contribution is 0.102. The van der Waals surface area contributed by atoms with Crippen LogP contribution in [0.5, 0.6) is 5.75 Å². The molecule has 2 aromatic heterocycles. The first kappa shape index (κ1) is 24.2. The van der Waals surface area contributed by atoms with Gasteiger partial charge >= 0.3 is 0 Å². The lowest BCUT2D eigenvalue weighted by atomic mass is 10.0. The Balaban J connectivity index is 1.83. The molecule has 0 unspecified atom stereocenters. The van der Waals surface area contributed by atoms with Crippen LogP contribution in [0.4, 0.5) is 11.4 Å². The highest BCUT2D eigenvalue weighted by Gasteiger charge is 2.22. The van der Waals surface area contributed by atoms with Crippen molar-refractivity contribution in [2.45, 2.75) is 19.8 Å². The molecule has 2 aromatic carbocycles. The molecule has 0 spiro atoms. The fraction of sp³-hybridized carbons (Fsp3) is 0.208. The van der Waals surface area contributed by atoms with Gasteiger partial charge in [-0.15, -0.1) is 0 Å². The number of ether oxygens (including phenoxy) is 1. The van der Waals surface area contributed by atoms with E-state index in [4.69, 9.17) is 44.6 Å². The van der Waals surface area contributed by atoms with E-state index in [1.807, 2.05) is 18.2 Å². The Morgan fingerprint density at radius 3 is 2.68 bits per heavy atom. The zero-order valence-corrected chi connectivity index (χ0v) is 20.9. The van der Waals surface area contributed by atoms with E-state index in [9.17, 15) is 4.79 Å². The monoisotopic (exact) mass is 516 g/mol. The molecule has 0 fully saturated rings. The van der Waals surface area contributed by atoms with Crippen LogP contribution in [0.1, 0.15) is 30.1 Å². The smallest absolute Gasteiger partial charge is 0.256 e. The number of anilines is 2. The molecule has 2 heterocycles. The number of halogens is 2. The van der Waals surface area contributed by atoms with E-state index in [2.05, 4.69) is 22.7 Å². The Morgan fingerprint density at radius 2 is 2.00 bits per heavy atom. The van der Waals surface area contributed by atoms with Gasteiger partial charge in [-0.25, -0.2) is 5.43 Å².